The number of nitrogens with zero attached hydrogens (tertiary/aromatic N) is 3. The number of hydrogen-bond donors (Lipinski definition) is 1. The van der Waals surface area contributed by atoms with Gasteiger partial charge in [0.15, 0.2) is 5.65 Å². The first-order chi connectivity index (χ1) is 4.88. The molecule has 2 rings (SSSR count). The second kappa shape index (κ2) is 1.91. The summed E-state index contributed by atoms with van der Waals surface area (Å²) < 4.78 is 0. The van der Waals surface area contributed by atoms with Crippen molar-refractivity contribution >= 4 is 22.6 Å². The van der Waals surface area contributed by atoms with Crippen LogP contribution in [0.15, 0.2) is 12.5 Å². The van der Waals surface area contributed by atoms with E-state index in [1.807, 2.05) is 0 Å². The number of H-pyrrole nitrogens is 1. The van der Waals surface area contributed by atoms with Crippen molar-refractivity contribution in [3.05, 3.63) is 17.7 Å². The quantitative estimate of drug-likeness (QED) is 0.616. The van der Waals surface area contributed by atoms with Gasteiger partial charge < -0.3 is 0 Å². The van der Waals surface area contributed by atoms with Crippen molar-refractivity contribution in [2.24, 2.45) is 0 Å². The van der Waals surface area contributed by atoms with Crippen molar-refractivity contribution in [3.8, 4) is 0 Å². The van der Waals surface area contributed by atoms with E-state index in [9.17, 15) is 0 Å². The van der Waals surface area contributed by atoms with Gasteiger partial charge in [0.2, 0.25) is 0 Å². The van der Waals surface area contributed by atoms with Gasteiger partial charge in [0.1, 0.15) is 11.5 Å². The summed E-state index contributed by atoms with van der Waals surface area (Å²) in [6.07, 6.45) is 3.05. The van der Waals surface area contributed by atoms with E-state index in [1.54, 1.807) is 6.20 Å². The Balaban J connectivity index is 2.93. The molecule has 0 amide bonds. The molecular weight excluding hydrogens is 152 g/mol. The maximum atomic E-state index is 5.67. The molecule has 2 aromatic rings. The second-order valence-electron chi connectivity index (χ2n) is 1.80. The number of nitrogens with one attached hydrogen (secondary N) is 1. The molecule has 10 heavy (non-hydrogen) atoms. The molecule has 0 saturated heterocycles. The van der Waals surface area contributed by atoms with Crippen LogP contribution in [0, 0.1) is 0 Å². The molecular formula is C5H3ClN4. The third-order valence-electron chi connectivity index (χ3n) is 1.19. The van der Waals surface area contributed by atoms with E-state index < -0.39 is 0 Å². The average molecular weight is 155 g/mol. The van der Waals surface area contributed by atoms with Crippen LogP contribution in [0.3, 0.4) is 0 Å². The maximum absolute atomic E-state index is 5.67. The summed E-state index contributed by atoms with van der Waals surface area (Å²) in [7, 11) is 0. The molecule has 0 unspecified atom stereocenters. The topological polar surface area (TPSA) is 54.5 Å². The first-order valence-electron chi connectivity index (χ1n) is 2.67. The summed E-state index contributed by atoms with van der Waals surface area (Å²) in [6, 6.07) is 0. The predicted octanol–water partition coefficient (Wildman–Crippen LogP) is 1.01. The molecule has 0 aliphatic rings. The van der Waals surface area contributed by atoms with E-state index in [-0.39, 0.29) is 0 Å². The smallest absolute Gasteiger partial charge is 0.185 e. The van der Waals surface area contributed by atoms with Crippen molar-refractivity contribution in [1.82, 2.24) is 20.2 Å². The first-order valence-corrected chi connectivity index (χ1v) is 3.05. The first kappa shape index (κ1) is 5.61. The standard InChI is InChI=1S/C5H3ClN4/c6-4-3-1-7-2-8-5(3)10-9-4/h1-2H,(H,7,8,9,10). The molecule has 0 atom stereocenters. The van der Waals surface area contributed by atoms with E-state index >= 15 is 0 Å². The van der Waals surface area contributed by atoms with Gasteiger partial charge in [0.05, 0.1) is 5.39 Å². The van der Waals surface area contributed by atoms with Crippen LogP contribution in [0.25, 0.3) is 11.0 Å². The van der Waals surface area contributed by atoms with E-state index in [4.69, 9.17) is 11.6 Å². The molecule has 0 aliphatic heterocycles. The van der Waals surface area contributed by atoms with E-state index in [0.29, 0.717) is 10.8 Å². The molecule has 0 saturated carbocycles. The Morgan fingerprint density at radius 2 is 2.40 bits per heavy atom. The Morgan fingerprint density at radius 1 is 1.50 bits per heavy atom. The van der Waals surface area contributed by atoms with Crippen LogP contribution >= 0.6 is 11.6 Å². The van der Waals surface area contributed by atoms with E-state index in [0.717, 1.165) is 5.39 Å². The van der Waals surface area contributed by atoms with Crippen LogP contribution < -0.4 is 0 Å². The van der Waals surface area contributed by atoms with Crippen molar-refractivity contribution in [3.63, 3.8) is 0 Å². The summed E-state index contributed by atoms with van der Waals surface area (Å²) in [6.45, 7) is 0. The van der Waals surface area contributed by atoms with Crippen LogP contribution in [0.4, 0.5) is 0 Å². The molecule has 1 N–H and O–H groups in total. The molecule has 50 valence electrons. The fraction of sp³-hybridized carbons (Fsp3) is 0. The van der Waals surface area contributed by atoms with Gasteiger partial charge in [-0.25, -0.2) is 9.97 Å². The van der Waals surface area contributed by atoms with E-state index in [1.165, 1.54) is 6.33 Å². The number of rotatable bonds is 0. The molecule has 2 aromatic heterocycles. The summed E-state index contributed by atoms with van der Waals surface area (Å²) >= 11 is 5.67. The highest BCUT2D eigenvalue weighted by Crippen LogP contribution is 2.15. The number of aromatic nitrogens is 4. The maximum Gasteiger partial charge on any atom is 0.185 e. The van der Waals surface area contributed by atoms with Gasteiger partial charge in [0.25, 0.3) is 0 Å². The zero-order valence-electron chi connectivity index (χ0n) is 4.87. The van der Waals surface area contributed by atoms with Gasteiger partial charge in [-0.2, -0.15) is 5.10 Å². The third-order valence-corrected chi connectivity index (χ3v) is 1.48. The Kier molecular flexibility index (Phi) is 1.07. The highest BCUT2D eigenvalue weighted by Gasteiger charge is 2.00. The summed E-state index contributed by atoms with van der Waals surface area (Å²) in [5.74, 6) is 0. The lowest BCUT2D eigenvalue weighted by molar-refractivity contribution is 1.09. The Labute approximate surface area is 61.3 Å². The normalized spacial score (nSPS) is 10.5. The number of hydrogen-bond acceptors (Lipinski definition) is 3. The highest BCUT2D eigenvalue weighted by molar-refractivity contribution is 6.33. The minimum absolute atomic E-state index is 0.482. The Hall–Kier alpha value is -1.16. The van der Waals surface area contributed by atoms with Gasteiger partial charge in [-0.1, -0.05) is 11.6 Å². The Morgan fingerprint density at radius 3 is 3.20 bits per heavy atom. The average Bonchev–Trinajstić information content (AvgIpc) is 2.34. The van der Waals surface area contributed by atoms with E-state index in [2.05, 4.69) is 20.2 Å². The van der Waals surface area contributed by atoms with Gasteiger partial charge in [-0.05, 0) is 0 Å². The predicted molar refractivity (Wildman–Crippen MR) is 36.7 cm³/mol. The van der Waals surface area contributed by atoms with Gasteiger partial charge in [0, 0.05) is 6.20 Å². The van der Waals surface area contributed by atoms with Gasteiger partial charge in [-0.3, -0.25) is 5.10 Å². The number of aromatic amines is 1. The van der Waals surface area contributed by atoms with Crippen LogP contribution in [0.2, 0.25) is 5.15 Å². The summed E-state index contributed by atoms with van der Waals surface area (Å²) in [5, 5.41) is 7.64. The SMILES string of the molecule is Clc1[nH]nc2ncncc12. The van der Waals surface area contributed by atoms with Crippen molar-refractivity contribution in [2.45, 2.75) is 0 Å². The zero-order chi connectivity index (χ0) is 6.97. The number of halogens is 1. The van der Waals surface area contributed by atoms with Crippen molar-refractivity contribution in [2.75, 3.05) is 0 Å². The Bertz CT molecular complexity index is 355. The van der Waals surface area contributed by atoms with Crippen LogP contribution in [-0.4, -0.2) is 20.2 Å². The fourth-order valence-corrected chi connectivity index (χ4v) is 0.905. The van der Waals surface area contributed by atoms with Crippen molar-refractivity contribution in [1.29, 1.82) is 0 Å². The zero-order valence-corrected chi connectivity index (χ0v) is 5.63. The molecule has 0 aliphatic carbocycles. The molecule has 0 aromatic carbocycles. The minimum atomic E-state index is 0.482. The minimum Gasteiger partial charge on any atom is -0.264 e. The molecule has 0 bridgehead atoms. The number of fused-ring (bicyclic) bond motifs is 1. The highest BCUT2D eigenvalue weighted by atomic mass is 35.5. The second-order valence-corrected chi connectivity index (χ2v) is 2.18. The molecule has 5 heteroatoms. The monoisotopic (exact) mass is 154 g/mol. The third kappa shape index (κ3) is 0.657. The van der Waals surface area contributed by atoms with Gasteiger partial charge >= 0.3 is 0 Å². The van der Waals surface area contributed by atoms with Crippen LogP contribution in [0.1, 0.15) is 0 Å². The molecule has 2 heterocycles. The van der Waals surface area contributed by atoms with Crippen LogP contribution in [0.5, 0.6) is 0 Å². The van der Waals surface area contributed by atoms with Gasteiger partial charge in [-0.15, -0.1) is 0 Å². The molecule has 0 spiro atoms. The van der Waals surface area contributed by atoms with Crippen molar-refractivity contribution < 1.29 is 0 Å². The molecule has 0 fully saturated rings. The summed E-state index contributed by atoms with van der Waals surface area (Å²) in [4.78, 5) is 7.65. The largest absolute Gasteiger partial charge is 0.264 e. The summed E-state index contributed by atoms with van der Waals surface area (Å²) in [5.41, 5.74) is 0.597. The lowest BCUT2D eigenvalue weighted by Crippen LogP contribution is -1.76. The molecule has 4 nitrogen and oxygen atoms in total. The molecule has 0 radical (unpaired) electrons. The lowest BCUT2D eigenvalue weighted by Gasteiger charge is -1.81. The lowest BCUT2D eigenvalue weighted by atomic mass is 10.4. The van der Waals surface area contributed by atoms with Crippen LogP contribution in [-0.2, 0) is 0 Å². The fourth-order valence-electron chi connectivity index (χ4n) is 0.729.